The SMILES string of the molecule is O=C(O)c1ccc([C@@H]2Nc3ccccc3-c3nc(=O)c(-c4cccs4)nn32)cc1. The van der Waals surface area contributed by atoms with Crippen molar-refractivity contribution in [2.24, 2.45) is 0 Å². The largest absolute Gasteiger partial charge is 0.478 e. The van der Waals surface area contributed by atoms with Crippen LogP contribution in [0.15, 0.2) is 70.8 Å². The van der Waals surface area contributed by atoms with E-state index in [1.54, 1.807) is 28.9 Å². The van der Waals surface area contributed by atoms with E-state index in [1.165, 1.54) is 11.3 Å². The lowest BCUT2D eigenvalue weighted by molar-refractivity contribution is 0.0697. The van der Waals surface area contributed by atoms with Crippen molar-refractivity contribution >= 4 is 23.0 Å². The van der Waals surface area contributed by atoms with Crippen molar-refractivity contribution in [1.82, 2.24) is 14.8 Å². The predicted octanol–water partition coefficient (Wildman–Crippen LogP) is 3.70. The minimum atomic E-state index is -0.984. The smallest absolute Gasteiger partial charge is 0.335 e. The second kappa shape index (κ2) is 6.68. The second-order valence-electron chi connectivity index (χ2n) is 6.53. The van der Waals surface area contributed by atoms with Gasteiger partial charge in [-0.2, -0.15) is 10.1 Å². The molecule has 1 aliphatic rings. The first-order chi connectivity index (χ1) is 14.1. The first-order valence-corrected chi connectivity index (χ1v) is 9.74. The Hall–Kier alpha value is -3.78. The van der Waals surface area contributed by atoms with Crippen molar-refractivity contribution < 1.29 is 9.90 Å². The standard InChI is InChI=1S/C21H14N4O3S/c26-20-17(16-6-3-11-29-16)24-25-18(12-7-9-13(10-8-12)21(27)28)22-15-5-2-1-4-14(15)19(25)23-20/h1-11,18,22H,(H,27,28)/t18-/m1/s1. The molecule has 0 saturated heterocycles. The van der Waals surface area contributed by atoms with Gasteiger partial charge in [0.15, 0.2) is 11.5 Å². The molecule has 0 aliphatic carbocycles. The summed E-state index contributed by atoms with van der Waals surface area (Å²) in [4.78, 5) is 29.0. The number of aromatic carboxylic acids is 1. The van der Waals surface area contributed by atoms with Crippen molar-refractivity contribution in [2.45, 2.75) is 6.17 Å². The molecule has 1 atom stereocenters. The summed E-state index contributed by atoms with van der Waals surface area (Å²) >= 11 is 1.43. The molecule has 2 aromatic heterocycles. The summed E-state index contributed by atoms with van der Waals surface area (Å²) in [7, 11) is 0. The molecule has 0 radical (unpaired) electrons. The third kappa shape index (κ3) is 2.90. The molecule has 5 rings (SSSR count). The highest BCUT2D eigenvalue weighted by atomic mass is 32.1. The van der Waals surface area contributed by atoms with Crippen LogP contribution in [0.4, 0.5) is 5.69 Å². The lowest BCUT2D eigenvalue weighted by atomic mass is 10.0. The highest BCUT2D eigenvalue weighted by molar-refractivity contribution is 7.13. The van der Waals surface area contributed by atoms with Gasteiger partial charge >= 0.3 is 11.5 Å². The fourth-order valence-corrected chi connectivity index (χ4v) is 4.08. The van der Waals surface area contributed by atoms with E-state index in [2.05, 4.69) is 15.4 Å². The molecule has 4 aromatic rings. The molecule has 3 heterocycles. The third-order valence-corrected chi connectivity index (χ3v) is 5.64. The highest BCUT2D eigenvalue weighted by Crippen LogP contribution is 2.36. The number of rotatable bonds is 3. The summed E-state index contributed by atoms with van der Waals surface area (Å²) < 4.78 is 1.69. The van der Waals surface area contributed by atoms with Crippen molar-refractivity contribution in [3.8, 4) is 22.0 Å². The van der Waals surface area contributed by atoms with E-state index in [0.717, 1.165) is 21.7 Å². The number of para-hydroxylation sites is 1. The van der Waals surface area contributed by atoms with Gasteiger partial charge in [-0.15, -0.1) is 11.3 Å². The Balaban J connectivity index is 1.72. The molecular formula is C21H14N4O3S. The Kier molecular flexibility index (Phi) is 3.99. The molecule has 0 fully saturated rings. The van der Waals surface area contributed by atoms with Crippen LogP contribution in [0.3, 0.4) is 0 Å². The van der Waals surface area contributed by atoms with Gasteiger partial charge < -0.3 is 10.4 Å². The Labute approximate surface area is 168 Å². The third-order valence-electron chi connectivity index (χ3n) is 4.77. The molecule has 0 bridgehead atoms. The van der Waals surface area contributed by atoms with Gasteiger partial charge in [-0.25, -0.2) is 9.48 Å². The van der Waals surface area contributed by atoms with Gasteiger partial charge in [0.2, 0.25) is 0 Å². The number of benzene rings is 2. The Bertz CT molecular complexity index is 1280. The Morgan fingerprint density at radius 3 is 2.59 bits per heavy atom. The van der Waals surface area contributed by atoms with Crippen LogP contribution in [0.25, 0.3) is 22.0 Å². The van der Waals surface area contributed by atoms with Gasteiger partial charge in [0.1, 0.15) is 6.17 Å². The highest BCUT2D eigenvalue weighted by Gasteiger charge is 2.28. The summed E-state index contributed by atoms with van der Waals surface area (Å²) in [5, 5.41) is 19.1. The molecular weight excluding hydrogens is 388 g/mol. The monoisotopic (exact) mass is 402 g/mol. The fraction of sp³-hybridized carbons (Fsp3) is 0.0476. The van der Waals surface area contributed by atoms with E-state index < -0.39 is 12.1 Å². The topological polar surface area (TPSA) is 97.1 Å². The van der Waals surface area contributed by atoms with Crippen LogP contribution in [0, 0.1) is 0 Å². The Morgan fingerprint density at radius 1 is 1.07 bits per heavy atom. The molecule has 7 nitrogen and oxygen atoms in total. The first-order valence-electron chi connectivity index (χ1n) is 8.86. The predicted molar refractivity (Wildman–Crippen MR) is 110 cm³/mol. The number of fused-ring (bicyclic) bond motifs is 3. The fourth-order valence-electron chi connectivity index (χ4n) is 3.37. The van der Waals surface area contributed by atoms with Crippen LogP contribution in [0.1, 0.15) is 22.1 Å². The summed E-state index contributed by atoms with van der Waals surface area (Å²) in [5.74, 6) is -0.515. The summed E-state index contributed by atoms with van der Waals surface area (Å²) in [6.45, 7) is 0. The quantitative estimate of drug-likeness (QED) is 0.542. The van der Waals surface area contributed by atoms with E-state index in [9.17, 15) is 9.59 Å². The molecule has 1 aliphatic heterocycles. The summed E-state index contributed by atoms with van der Waals surface area (Å²) in [5.41, 5.74) is 2.54. The van der Waals surface area contributed by atoms with Gasteiger partial charge in [-0.1, -0.05) is 30.3 Å². The maximum Gasteiger partial charge on any atom is 0.335 e. The van der Waals surface area contributed by atoms with E-state index >= 15 is 0 Å². The average molecular weight is 402 g/mol. The summed E-state index contributed by atoms with van der Waals surface area (Å²) in [6, 6.07) is 17.9. The first kappa shape index (κ1) is 17.3. The van der Waals surface area contributed by atoms with Gasteiger partial charge in [-0.05, 0) is 41.3 Å². The number of carbonyl (C=O) groups is 1. The van der Waals surface area contributed by atoms with Gasteiger partial charge in [0, 0.05) is 11.3 Å². The van der Waals surface area contributed by atoms with E-state index in [-0.39, 0.29) is 16.8 Å². The van der Waals surface area contributed by atoms with Crippen LogP contribution in [-0.4, -0.2) is 25.8 Å². The Morgan fingerprint density at radius 2 is 1.86 bits per heavy atom. The van der Waals surface area contributed by atoms with Crippen LogP contribution in [0.2, 0.25) is 0 Å². The molecule has 142 valence electrons. The van der Waals surface area contributed by atoms with Crippen molar-refractivity contribution in [2.75, 3.05) is 5.32 Å². The van der Waals surface area contributed by atoms with Crippen LogP contribution >= 0.6 is 11.3 Å². The molecule has 0 amide bonds. The zero-order valence-corrected chi connectivity index (χ0v) is 15.8. The van der Waals surface area contributed by atoms with Crippen molar-refractivity contribution in [3.63, 3.8) is 0 Å². The van der Waals surface area contributed by atoms with E-state index in [0.29, 0.717) is 5.82 Å². The molecule has 0 saturated carbocycles. The minimum Gasteiger partial charge on any atom is -0.478 e. The van der Waals surface area contributed by atoms with E-state index in [1.807, 2.05) is 41.8 Å². The van der Waals surface area contributed by atoms with Crippen LogP contribution < -0.4 is 10.9 Å². The number of carboxylic acids is 1. The number of anilines is 1. The number of carboxylic acid groups (broad SMARTS) is 1. The molecule has 29 heavy (non-hydrogen) atoms. The zero-order valence-electron chi connectivity index (χ0n) is 14.9. The van der Waals surface area contributed by atoms with Crippen molar-refractivity contribution in [3.05, 3.63) is 87.5 Å². The minimum absolute atomic E-state index is 0.204. The van der Waals surface area contributed by atoms with Crippen molar-refractivity contribution in [1.29, 1.82) is 0 Å². The number of hydrogen-bond acceptors (Lipinski definition) is 6. The number of thiophene rings is 1. The van der Waals surface area contributed by atoms with Gasteiger partial charge in [-0.3, -0.25) is 4.79 Å². The van der Waals surface area contributed by atoms with E-state index in [4.69, 9.17) is 5.11 Å². The molecule has 8 heteroatoms. The average Bonchev–Trinajstić information content (AvgIpc) is 3.27. The molecule has 2 aromatic carbocycles. The maximum atomic E-state index is 12.7. The lowest BCUT2D eigenvalue weighted by Crippen LogP contribution is -2.32. The maximum absolute atomic E-state index is 12.7. The van der Waals surface area contributed by atoms with Gasteiger partial charge in [0.25, 0.3) is 0 Å². The van der Waals surface area contributed by atoms with Crippen LogP contribution in [-0.2, 0) is 0 Å². The summed E-state index contributed by atoms with van der Waals surface area (Å²) in [6.07, 6.45) is -0.436. The molecule has 2 N–H and O–H groups in total. The lowest BCUT2D eigenvalue weighted by Gasteiger charge is -2.30. The zero-order chi connectivity index (χ0) is 20.0. The molecule has 0 unspecified atom stereocenters. The number of hydrogen-bond donors (Lipinski definition) is 2. The normalized spacial score (nSPS) is 14.6. The van der Waals surface area contributed by atoms with Crippen LogP contribution in [0.5, 0.6) is 0 Å². The van der Waals surface area contributed by atoms with Gasteiger partial charge in [0.05, 0.1) is 10.4 Å². The number of nitrogens with one attached hydrogen (secondary N) is 1. The number of nitrogens with zero attached hydrogens (tertiary/aromatic N) is 3. The second-order valence-corrected chi connectivity index (χ2v) is 7.48. The molecule has 0 spiro atoms. The number of aromatic nitrogens is 3.